The van der Waals surface area contributed by atoms with Crippen LogP contribution in [0.15, 0.2) is 77.3 Å². The lowest BCUT2D eigenvalue weighted by atomic mass is 9.71. The van der Waals surface area contributed by atoms with E-state index < -0.39 is 35.2 Å². The summed E-state index contributed by atoms with van der Waals surface area (Å²) in [6, 6.07) is 12.9. The van der Waals surface area contributed by atoms with Gasteiger partial charge in [-0.1, -0.05) is 41.6 Å². The Morgan fingerprint density at radius 3 is 2.00 bits per heavy atom. The third-order valence-corrected chi connectivity index (χ3v) is 7.46. The number of hydrogen-bond donors (Lipinski definition) is 1. The van der Waals surface area contributed by atoms with E-state index in [9.17, 15) is 31.5 Å². The van der Waals surface area contributed by atoms with Crippen molar-refractivity contribution in [2.75, 3.05) is 13.1 Å². The van der Waals surface area contributed by atoms with Gasteiger partial charge in [0.15, 0.2) is 6.04 Å². The van der Waals surface area contributed by atoms with Crippen molar-refractivity contribution in [2.24, 2.45) is 0 Å². The molecule has 2 amide bonds. The molecule has 42 heavy (non-hydrogen) atoms. The van der Waals surface area contributed by atoms with Gasteiger partial charge in [0.05, 0.1) is 5.41 Å². The summed E-state index contributed by atoms with van der Waals surface area (Å²) in [5.74, 6) is -1.76. The molecule has 5 rings (SSSR count). The highest BCUT2D eigenvalue weighted by Gasteiger charge is 2.48. The molecule has 4 aromatic rings. The molecule has 3 aromatic carbocycles. The Morgan fingerprint density at radius 2 is 1.48 bits per heavy atom. The molecule has 12 heteroatoms. The third kappa shape index (κ3) is 5.88. The lowest BCUT2D eigenvalue weighted by molar-refractivity contribution is -0.165. The Hall–Kier alpha value is -4.61. The number of likely N-dealkylation sites (tertiary alicyclic amines) is 1. The minimum Gasteiger partial charge on any atom is -0.340 e. The van der Waals surface area contributed by atoms with Crippen LogP contribution in [0.25, 0.3) is 11.4 Å². The summed E-state index contributed by atoms with van der Waals surface area (Å²) in [5, 5.41) is 5.96. The number of amides is 2. The van der Waals surface area contributed by atoms with E-state index in [1.165, 1.54) is 17.0 Å². The fourth-order valence-electron chi connectivity index (χ4n) is 5.15. The van der Waals surface area contributed by atoms with E-state index in [1.54, 1.807) is 31.2 Å². The van der Waals surface area contributed by atoms with Crippen molar-refractivity contribution < 1.29 is 36.1 Å². The summed E-state index contributed by atoms with van der Waals surface area (Å²) < 4.78 is 74.4. The normalized spacial score (nSPS) is 15.7. The zero-order chi connectivity index (χ0) is 30.1. The van der Waals surface area contributed by atoms with Crippen LogP contribution >= 0.6 is 0 Å². The maximum Gasteiger partial charge on any atom is 0.412 e. The van der Waals surface area contributed by atoms with Crippen LogP contribution in [-0.4, -0.2) is 46.1 Å². The first kappa shape index (κ1) is 28.9. The average Bonchev–Trinajstić information content (AvgIpc) is 3.42. The molecule has 1 saturated heterocycles. The molecule has 0 aliphatic carbocycles. The monoisotopic (exact) mass is 584 g/mol. The lowest BCUT2D eigenvalue weighted by Crippen LogP contribution is -2.54. The number of aromatic nitrogens is 2. The predicted octanol–water partition coefficient (Wildman–Crippen LogP) is 5.92. The number of nitrogens with zero attached hydrogens (tertiary/aromatic N) is 3. The fraction of sp³-hybridized carbons (Fsp3) is 0.267. The zero-order valence-corrected chi connectivity index (χ0v) is 22.3. The van der Waals surface area contributed by atoms with Crippen LogP contribution in [-0.2, 0) is 10.2 Å². The van der Waals surface area contributed by atoms with Crippen LogP contribution in [0.4, 0.5) is 22.0 Å². The van der Waals surface area contributed by atoms with E-state index in [1.807, 2.05) is 0 Å². The predicted molar refractivity (Wildman–Crippen MR) is 141 cm³/mol. The van der Waals surface area contributed by atoms with Crippen LogP contribution in [0.2, 0.25) is 0 Å². The zero-order valence-electron chi connectivity index (χ0n) is 22.3. The third-order valence-electron chi connectivity index (χ3n) is 7.46. The molecule has 0 radical (unpaired) electrons. The van der Waals surface area contributed by atoms with Crippen molar-refractivity contribution in [1.82, 2.24) is 20.4 Å². The number of rotatable bonds is 6. The van der Waals surface area contributed by atoms with Gasteiger partial charge in [-0.05, 0) is 60.4 Å². The van der Waals surface area contributed by atoms with Gasteiger partial charge in [-0.15, -0.1) is 0 Å². The minimum absolute atomic E-state index is 0.00950. The summed E-state index contributed by atoms with van der Waals surface area (Å²) in [6.45, 7) is 1.77. The molecule has 2 heterocycles. The topological polar surface area (TPSA) is 88.3 Å². The number of halogens is 5. The number of carbonyl (C=O) groups excluding carboxylic acids is 2. The maximum absolute atomic E-state index is 14.1. The van der Waals surface area contributed by atoms with Crippen molar-refractivity contribution in [3.63, 3.8) is 0 Å². The first-order valence-corrected chi connectivity index (χ1v) is 13.1. The SMILES string of the molecule is Cc1nc(-c2ccc(C(=O)N3CCC(C(=O)NC(c4ccc(F)cc4)C(F)(F)F)(c4ccc(F)cc4)CC3)cc2)no1. The molecule has 1 N–H and O–H groups in total. The Balaban J connectivity index is 1.38. The quantitative estimate of drug-likeness (QED) is 0.285. The second kappa shape index (κ2) is 11.3. The maximum atomic E-state index is 14.1. The number of benzene rings is 3. The Labute approximate surface area is 237 Å². The van der Waals surface area contributed by atoms with Gasteiger partial charge in [-0.25, -0.2) is 8.78 Å². The van der Waals surface area contributed by atoms with Gasteiger partial charge >= 0.3 is 6.18 Å². The molecule has 1 atom stereocenters. The Morgan fingerprint density at radius 1 is 0.905 bits per heavy atom. The number of nitrogens with one attached hydrogen (secondary N) is 1. The summed E-state index contributed by atoms with van der Waals surface area (Å²) >= 11 is 0. The highest BCUT2D eigenvalue weighted by molar-refractivity contribution is 5.95. The average molecular weight is 585 g/mol. The van der Waals surface area contributed by atoms with Gasteiger partial charge in [-0.3, -0.25) is 9.59 Å². The van der Waals surface area contributed by atoms with Crippen molar-refractivity contribution in [1.29, 1.82) is 0 Å². The number of hydrogen-bond acceptors (Lipinski definition) is 5. The molecule has 0 bridgehead atoms. The Kier molecular flexibility index (Phi) is 7.81. The van der Waals surface area contributed by atoms with Gasteiger partial charge in [0.1, 0.15) is 11.6 Å². The Bertz CT molecular complexity index is 1560. The minimum atomic E-state index is -4.87. The molecule has 1 aliphatic heterocycles. The van der Waals surface area contributed by atoms with Crippen LogP contribution in [0.1, 0.15) is 46.3 Å². The van der Waals surface area contributed by atoms with Gasteiger partial charge in [-0.2, -0.15) is 18.2 Å². The summed E-state index contributed by atoms with van der Waals surface area (Å²) in [5.41, 5.74) is -0.471. The van der Waals surface area contributed by atoms with Crippen molar-refractivity contribution in [3.8, 4) is 11.4 Å². The summed E-state index contributed by atoms with van der Waals surface area (Å²) in [6.07, 6.45) is -4.89. The van der Waals surface area contributed by atoms with Gasteiger partial charge in [0, 0.05) is 31.1 Å². The molecule has 7 nitrogen and oxygen atoms in total. The van der Waals surface area contributed by atoms with Crippen molar-refractivity contribution in [2.45, 2.75) is 37.4 Å². The highest BCUT2D eigenvalue weighted by atomic mass is 19.4. The van der Waals surface area contributed by atoms with E-state index in [0.29, 0.717) is 28.4 Å². The standard InChI is InChI=1S/C30H25F5N4O3/c1-18-36-26(38-42-18)20-2-4-21(5-3-20)27(40)39-16-14-29(15-17-39,22-8-12-24(32)13-9-22)28(41)37-25(30(33,34)35)19-6-10-23(31)11-7-19/h2-13,25H,14-17H2,1H3,(H,37,41). The number of piperidine rings is 1. The summed E-state index contributed by atoms with van der Waals surface area (Å²) in [7, 11) is 0. The van der Waals surface area contributed by atoms with E-state index in [4.69, 9.17) is 4.52 Å². The second-order valence-corrected chi connectivity index (χ2v) is 10.1. The van der Waals surface area contributed by atoms with E-state index >= 15 is 0 Å². The van der Waals surface area contributed by atoms with Gasteiger partial charge in [0.2, 0.25) is 17.6 Å². The summed E-state index contributed by atoms with van der Waals surface area (Å²) in [4.78, 5) is 32.7. The smallest absolute Gasteiger partial charge is 0.340 e. The first-order chi connectivity index (χ1) is 20.0. The van der Waals surface area contributed by atoms with Crippen molar-refractivity contribution in [3.05, 3.63) is 107 Å². The molecule has 1 aliphatic rings. The molecule has 1 fully saturated rings. The van der Waals surface area contributed by atoms with Gasteiger partial charge in [0.25, 0.3) is 5.91 Å². The largest absolute Gasteiger partial charge is 0.412 e. The van der Waals surface area contributed by atoms with Crippen LogP contribution in [0.5, 0.6) is 0 Å². The number of alkyl halides is 3. The van der Waals surface area contributed by atoms with E-state index in [0.717, 1.165) is 36.4 Å². The molecule has 1 aromatic heterocycles. The molecule has 0 saturated carbocycles. The lowest BCUT2D eigenvalue weighted by Gasteiger charge is -2.42. The van der Waals surface area contributed by atoms with Crippen molar-refractivity contribution >= 4 is 11.8 Å². The molecular weight excluding hydrogens is 559 g/mol. The second-order valence-electron chi connectivity index (χ2n) is 10.1. The van der Waals surface area contributed by atoms with Gasteiger partial charge < -0.3 is 14.7 Å². The van der Waals surface area contributed by atoms with Crippen LogP contribution in [0.3, 0.4) is 0 Å². The highest BCUT2D eigenvalue weighted by Crippen LogP contribution is 2.39. The van der Waals surface area contributed by atoms with Crippen LogP contribution in [0, 0.1) is 18.6 Å². The molecule has 1 unspecified atom stereocenters. The van der Waals surface area contributed by atoms with E-state index in [-0.39, 0.29) is 37.4 Å². The molecule has 218 valence electrons. The fourth-order valence-corrected chi connectivity index (χ4v) is 5.15. The number of aryl methyl sites for hydroxylation is 1. The first-order valence-electron chi connectivity index (χ1n) is 13.1. The van der Waals surface area contributed by atoms with E-state index in [2.05, 4.69) is 15.5 Å². The molecule has 0 spiro atoms. The van der Waals surface area contributed by atoms with Crippen LogP contribution < -0.4 is 5.32 Å². The number of carbonyl (C=O) groups is 2. The molecular formula is C30H25F5N4O3.